The van der Waals surface area contributed by atoms with Crippen LogP contribution in [0.5, 0.6) is 0 Å². The maximum Gasteiger partial charge on any atom is 0.244 e. The van der Waals surface area contributed by atoms with Crippen LogP contribution in [0.1, 0.15) is 30.2 Å². The fraction of sp³-hybridized carbons (Fsp3) is 0.316. The standard InChI is InChI=1S/C19H22N2O2.ClH/c22-19(11-10-16-7-2-1-3-8-16)20-15-17(18-9-6-14-23-18)21-12-4-5-13-21;/h1-3,6-11,14,17H,4-5,12-13,15H2,(H,20,22);1H. The lowest BCUT2D eigenvalue weighted by atomic mass is 10.2. The van der Waals surface area contributed by atoms with Crippen LogP contribution in [0.4, 0.5) is 0 Å². The summed E-state index contributed by atoms with van der Waals surface area (Å²) >= 11 is 0. The Balaban J connectivity index is 0.00000208. The van der Waals surface area contributed by atoms with Crippen LogP contribution in [0.15, 0.2) is 59.2 Å². The summed E-state index contributed by atoms with van der Waals surface area (Å²) in [4.78, 5) is 13.6. The van der Waals surface area contributed by atoms with E-state index in [-0.39, 0.29) is 24.4 Å². The SMILES string of the molecule is O=C(C=Cc1ccccc1)NCC(c1ccco1)[NH+]1CCCC1.[Cl-]. The van der Waals surface area contributed by atoms with E-state index in [9.17, 15) is 4.79 Å². The van der Waals surface area contributed by atoms with Crippen LogP contribution in [0.3, 0.4) is 0 Å². The van der Waals surface area contributed by atoms with Crippen LogP contribution in [0.2, 0.25) is 0 Å². The summed E-state index contributed by atoms with van der Waals surface area (Å²) in [5, 5.41) is 3.01. The van der Waals surface area contributed by atoms with Gasteiger partial charge in [0.05, 0.1) is 25.9 Å². The molecule has 0 radical (unpaired) electrons. The summed E-state index contributed by atoms with van der Waals surface area (Å²) in [6.07, 6.45) is 7.62. The molecule has 24 heavy (non-hydrogen) atoms. The van der Waals surface area contributed by atoms with E-state index in [1.807, 2.05) is 48.5 Å². The molecule has 5 heteroatoms. The third kappa shape index (κ3) is 4.98. The van der Waals surface area contributed by atoms with E-state index in [0.29, 0.717) is 6.54 Å². The number of furan rings is 1. The van der Waals surface area contributed by atoms with Crippen molar-refractivity contribution in [1.82, 2.24) is 5.32 Å². The molecular formula is C19H23ClN2O2. The zero-order valence-corrected chi connectivity index (χ0v) is 14.3. The number of carbonyl (C=O) groups is 1. The lowest BCUT2D eigenvalue weighted by molar-refractivity contribution is -0.919. The molecule has 0 aliphatic carbocycles. The van der Waals surface area contributed by atoms with Crippen molar-refractivity contribution in [2.24, 2.45) is 0 Å². The van der Waals surface area contributed by atoms with Gasteiger partial charge in [-0.05, 0) is 23.8 Å². The number of hydrogen-bond acceptors (Lipinski definition) is 2. The van der Waals surface area contributed by atoms with Gasteiger partial charge in [-0.2, -0.15) is 0 Å². The van der Waals surface area contributed by atoms with E-state index >= 15 is 0 Å². The Morgan fingerprint density at radius 2 is 1.92 bits per heavy atom. The number of hydrogen-bond donors (Lipinski definition) is 2. The first-order chi connectivity index (χ1) is 11.3. The highest BCUT2D eigenvalue weighted by atomic mass is 35.5. The quantitative estimate of drug-likeness (QED) is 0.648. The number of nitrogens with one attached hydrogen (secondary N) is 2. The molecule has 1 aromatic heterocycles. The zero-order valence-electron chi connectivity index (χ0n) is 13.6. The lowest BCUT2D eigenvalue weighted by Gasteiger charge is -2.22. The molecule has 128 valence electrons. The van der Waals surface area contributed by atoms with Gasteiger partial charge in [0, 0.05) is 18.9 Å². The average molecular weight is 347 g/mol. The van der Waals surface area contributed by atoms with Gasteiger partial charge in [-0.1, -0.05) is 30.3 Å². The van der Waals surface area contributed by atoms with Gasteiger partial charge in [0.15, 0.2) is 11.8 Å². The number of likely N-dealkylation sites (tertiary alicyclic amines) is 1. The van der Waals surface area contributed by atoms with Crippen molar-refractivity contribution >= 4 is 12.0 Å². The van der Waals surface area contributed by atoms with Crippen LogP contribution in [0, 0.1) is 0 Å². The largest absolute Gasteiger partial charge is 1.00 e. The Morgan fingerprint density at radius 3 is 2.58 bits per heavy atom. The number of benzene rings is 1. The second kappa shape index (κ2) is 9.30. The number of rotatable bonds is 6. The fourth-order valence-corrected chi connectivity index (χ4v) is 3.11. The second-order valence-corrected chi connectivity index (χ2v) is 5.92. The molecule has 0 bridgehead atoms. The summed E-state index contributed by atoms with van der Waals surface area (Å²) < 4.78 is 5.58. The van der Waals surface area contributed by atoms with Gasteiger partial charge in [0.2, 0.25) is 5.91 Å². The summed E-state index contributed by atoms with van der Waals surface area (Å²) in [5.74, 6) is 0.887. The Labute approximate surface area is 148 Å². The number of carbonyl (C=O) groups excluding carboxylic acids is 1. The van der Waals surface area contributed by atoms with Crippen LogP contribution in [-0.2, 0) is 4.79 Å². The van der Waals surface area contributed by atoms with E-state index in [1.165, 1.54) is 17.7 Å². The maximum atomic E-state index is 12.1. The monoisotopic (exact) mass is 346 g/mol. The van der Waals surface area contributed by atoms with Crippen molar-refractivity contribution in [3.63, 3.8) is 0 Å². The first-order valence-electron chi connectivity index (χ1n) is 8.22. The topological polar surface area (TPSA) is 46.7 Å². The first-order valence-corrected chi connectivity index (χ1v) is 8.22. The Morgan fingerprint density at radius 1 is 1.17 bits per heavy atom. The number of halogens is 1. The molecule has 4 nitrogen and oxygen atoms in total. The Hall–Kier alpha value is -2.04. The van der Waals surface area contributed by atoms with Crippen molar-refractivity contribution in [3.8, 4) is 0 Å². The first kappa shape index (κ1) is 18.3. The molecule has 2 heterocycles. The van der Waals surface area contributed by atoms with Gasteiger partial charge in [-0.3, -0.25) is 4.79 Å². The molecule has 2 N–H and O–H groups in total. The minimum Gasteiger partial charge on any atom is -1.00 e. The van der Waals surface area contributed by atoms with Crippen LogP contribution < -0.4 is 22.6 Å². The molecule has 1 aliphatic heterocycles. The van der Waals surface area contributed by atoms with Crippen molar-refractivity contribution < 1.29 is 26.5 Å². The number of quaternary nitrogens is 1. The molecule has 1 aromatic carbocycles. The summed E-state index contributed by atoms with van der Waals surface area (Å²) in [6, 6.07) is 13.9. The van der Waals surface area contributed by atoms with Gasteiger partial charge >= 0.3 is 0 Å². The molecule has 1 saturated heterocycles. The van der Waals surface area contributed by atoms with E-state index in [4.69, 9.17) is 4.42 Å². The molecule has 1 amide bonds. The van der Waals surface area contributed by atoms with Crippen molar-refractivity contribution in [2.75, 3.05) is 19.6 Å². The minimum absolute atomic E-state index is 0. The van der Waals surface area contributed by atoms with Crippen LogP contribution in [0.25, 0.3) is 6.08 Å². The number of amides is 1. The molecule has 0 saturated carbocycles. The van der Waals surface area contributed by atoms with Gasteiger partial charge in [-0.15, -0.1) is 0 Å². The van der Waals surface area contributed by atoms with Gasteiger partial charge in [0.1, 0.15) is 0 Å². The highest BCUT2D eigenvalue weighted by Crippen LogP contribution is 2.11. The maximum absolute atomic E-state index is 12.1. The molecule has 0 spiro atoms. The lowest BCUT2D eigenvalue weighted by Crippen LogP contribution is -3.11. The molecule has 1 unspecified atom stereocenters. The van der Waals surface area contributed by atoms with E-state index in [0.717, 1.165) is 24.4 Å². The van der Waals surface area contributed by atoms with Crippen LogP contribution in [-0.4, -0.2) is 25.5 Å². The van der Waals surface area contributed by atoms with E-state index in [1.54, 1.807) is 12.3 Å². The van der Waals surface area contributed by atoms with Crippen LogP contribution >= 0.6 is 0 Å². The smallest absolute Gasteiger partial charge is 0.244 e. The van der Waals surface area contributed by atoms with Crippen molar-refractivity contribution in [3.05, 3.63) is 66.1 Å². The third-order valence-electron chi connectivity index (χ3n) is 4.33. The van der Waals surface area contributed by atoms with Gasteiger partial charge in [-0.25, -0.2) is 0 Å². The predicted octanol–water partition coefficient (Wildman–Crippen LogP) is -1.17. The highest BCUT2D eigenvalue weighted by Gasteiger charge is 2.29. The summed E-state index contributed by atoms with van der Waals surface area (Å²) in [7, 11) is 0. The molecule has 3 rings (SSSR count). The van der Waals surface area contributed by atoms with Gasteiger partial charge in [0.25, 0.3) is 0 Å². The van der Waals surface area contributed by atoms with Crippen molar-refractivity contribution in [2.45, 2.75) is 18.9 Å². The average Bonchev–Trinajstić information content (AvgIpc) is 3.28. The minimum atomic E-state index is -0.0657. The normalized spacial score (nSPS) is 16.0. The van der Waals surface area contributed by atoms with E-state index in [2.05, 4.69) is 5.32 Å². The molecule has 1 aliphatic rings. The van der Waals surface area contributed by atoms with Gasteiger partial charge < -0.3 is 27.0 Å². The van der Waals surface area contributed by atoms with E-state index < -0.39 is 0 Å². The Kier molecular flexibility index (Phi) is 7.09. The molecular weight excluding hydrogens is 324 g/mol. The molecule has 1 atom stereocenters. The molecule has 1 fully saturated rings. The summed E-state index contributed by atoms with van der Waals surface area (Å²) in [6.45, 7) is 2.88. The van der Waals surface area contributed by atoms with Crippen molar-refractivity contribution in [1.29, 1.82) is 0 Å². The highest BCUT2D eigenvalue weighted by molar-refractivity contribution is 5.91. The second-order valence-electron chi connectivity index (χ2n) is 5.92. The fourth-order valence-electron chi connectivity index (χ4n) is 3.11. The Bertz CT molecular complexity index is 635. The third-order valence-corrected chi connectivity index (χ3v) is 4.33. The predicted molar refractivity (Wildman–Crippen MR) is 89.9 cm³/mol. The summed E-state index contributed by atoms with van der Waals surface area (Å²) in [5.41, 5.74) is 1.02. The molecule has 2 aromatic rings. The zero-order chi connectivity index (χ0) is 15.9.